The Bertz CT molecular complexity index is 627. The molecular weight excluding hydrogens is 304 g/mol. The highest BCUT2D eigenvalue weighted by Crippen LogP contribution is 2.45. The number of hydrogen-bond donors (Lipinski definition) is 2. The molecule has 5 heteroatoms. The van der Waals surface area contributed by atoms with Gasteiger partial charge in [-0.15, -0.1) is 0 Å². The van der Waals surface area contributed by atoms with Gasteiger partial charge in [0.1, 0.15) is 12.3 Å². The summed E-state index contributed by atoms with van der Waals surface area (Å²) in [5.74, 6) is 1.13. The van der Waals surface area contributed by atoms with E-state index in [0.29, 0.717) is 11.7 Å². The molecule has 3 unspecified atom stereocenters. The molecule has 3 N–H and O–H groups in total. The Hall–Kier alpha value is -1.88. The molecule has 1 aromatic carbocycles. The number of hydrogen-bond acceptors (Lipinski definition) is 4. The first-order chi connectivity index (χ1) is 11.5. The van der Waals surface area contributed by atoms with Gasteiger partial charge >= 0.3 is 5.97 Å². The minimum atomic E-state index is -0.634. The van der Waals surface area contributed by atoms with Crippen LogP contribution in [0.5, 0.6) is 5.75 Å². The zero-order chi connectivity index (χ0) is 17.1. The van der Waals surface area contributed by atoms with Crippen LogP contribution in [0.3, 0.4) is 0 Å². The van der Waals surface area contributed by atoms with Crippen LogP contribution in [-0.4, -0.2) is 24.5 Å². The number of rotatable bonds is 4. The zero-order valence-electron chi connectivity index (χ0n) is 14.2. The number of aryl methyl sites for hydroxylation is 1. The van der Waals surface area contributed by atoms with Crippen molar-refractivity contribution in [2.45, 2.75) is 57.4 Å². The number of nitrogens with one attached hydrogen (secondary N) is 1. The van der Waals surface area contributed by atoms with Crippen molar-refractivity contribution in [1.29, 1.82) is 0 Å². The van der Waals surface area contributed by atoms with Crippen LogP contribution in [0, 0.1) is 5.92 Å². The van der Waals surface area contributed by atoms with E-state index in [-0.39, 0.29) is 12.5 Å². The predicted molar refractivity (Wildman–Crippen MR) is 91.8 cm³/mol. The van der Waals surface area contributed by atoms with E-state index in [0.717, 1.165) is 12.3 Å². The van der Waals surface area contributed by atoms with Crippen molar-refractivity contribution in [2.24, 2.45) is 11.7 Å². The van der Waals surface area contributed by atoms with Crippen LogP contribution < -0.4 is 15.8 Å². The molecule has 3 rings (SSSR count). The summed E-state index contributed by atoms with van der Waals surface area (Å²) in [6, 6.07) is 5.34. The van der Waals surface area contributed by atoms with Gasteiger partial charge in [0.2, 0.25) is 5.91 Å². The largest absolute Gasteiger partial charge is 0.425 e. The summed E-state index contributed by atoms with van der Waals surface area (Å²) in [6.45, 7) is 1.41. The molecular formula is C19H26N2O3. The molecule has 0 bridgehead atoms. The smallest absolute Gasteiger partial charge is 0.330 e. The third-order valence-corrected chi connectivity index (χ3v) is 5.26. The van der Waals surface area contributed by atoms with E-state index in [1.807, 2.05) is 12.1 Å². The van der Waals surface area contributed by atoms with Crippen molar-refractivity contribution in [1.82, 2.24) is 5.32 Å². The topological polar surface area (TPSA) is 81.4 Å². The van der Waals surface area contributed by atoms with E-state index in [2.05, 4.69) is 11.4 Å². The zero-order valence-corrected chi connectivity index (χ0v) is 14.2. The molecule has 0 radical (unpaired) electrons. The van der Waals surface area contributed by atoms with Crippen LogP contribution in [0.4, 0.5) is 0 Å². The molecule has 2 aliphatic carbocycles. The normalized spacial score (nSPS) is 23.6. The van der Waals surface area contributed by atoms with Crippen molar-refractivity contribution >= 4 is 11.9 Å². The summed E-state index contributed by atoms with van der Waals surface area (Å²) in [4.78, 5) is 23.3. The third-order valence-electron chi connectivity index (χ3n) is 5.26. The quantitative estimate of drug-likeness (QED) is 0.655. The summed E-state index contributed by atoms with van der Waals surface area (Å²) >= 11 is 0. The highest BCUT2D eigenvalue weighted by Gasteiger charge is 2.31. The number of benzene rings is 1. The minimum Gasteiger partial charge on any atom is -0.425 e. The molecule has 2 aliphatic rings. The van der Waals surface area contributed by atoms with Crippen molar-refractivity contribution in [3.63, 3.8) is 0 Å². The van der Waals surface area contributed by atoms with Crippen LogP contribution in [0.25, 0.3) is 0 Å². The molecule has 130 valence electrons. The molecule has 0 aliphatic heterocycles. The summed E-state index contributed by atoms with van der Waals surface area (Å²) < 4.78 is 5.40. The number of amides is 1. The van der Waals surface area contributed by atoms with Gasteiger partial charge < -0.3 is 15.8 Å². The number of ether oxygens (including phenoxy) is 1. The fourth-order valence-corrected chi connectivity index (χ4v) is 4.00. The number of carbonyl (C=O) groups excluding carboxylic acids is 2. The summed E-state index contributed by atoms with van der Waals surface area (Å²) in [7, 11) is 0. The molecule has 0 heterocycles. The second-order valence-corrected chi connectivity index (χ2v) is 7.03. The average molecular weight is 330 g/mol. The SMILES string of the molecule is CC(N)C(=O)NCC(=O)Oc1ccc2c(c1)C1CCCCC1CC2. The maximum absolute atomic E-state index is 11.9. The van der Waals surface area contributed by atoms with E-state index < -0.39 is 12.0 Å². The Morgan fingerprint density at radius 3 is 2.88 bits per heavy atom. The first kappa shape index (κ1) is 17.0. The van der Waals surface area contributed by atoms with Gasteiger partial charge in [0.15, 0.2) is 0 Å². The van der Waals surface area contributed by atoms with E-state index in [4.69, 9.17) is 10.5 Å². The molecule has 1 aromatic rings. The second kappa shape index (κ2) is 7.34. The van der Waals surface area contributed by atoms with Crippen molar-refractivity contribution in [3.8, 4) is 5.75 Å². The Labute approximate surface area is 142 Å². The molecule has 1 amide bonds. The van der Waals surface area contributed by atoms with Gasteiger partial charge in [-0.05, 0) is 67.7 Å². The van der Waals surface area contributed by atoms with Gasteiger partial charge in [0.05, 0.1) is 6.04 Å². The van der Waals surface area contributed by atoms with Crippen LogP contribution >= 0.6 is 0 Å². The highest BCUT2D eigenvalue weighted by atomic mass is 16.5. The number of fused-ring (bicyclic) bond motifs is 3. The van der Waals surface area contributed by atoms with Gasteiger partial charge in [0, 0.05) is 0 Å². The van der Waals surface area contributed by atoms with Gasteiger partial charge in [0.25, 0.3) is 0 Å². The van der Waals surface area contributed by atoms with Gasteiger partial charge in [-0.2, -0.15) is 0 Å². The highest BCUT2D eigenvalue weighted by molar-refractivity contribution is 5.85. The van der Waals surface area contributed by atoms with Crippen molar-refractivity contribution in [2.75, 3.05) is 6.54 Å². The summed E-state index contributed by atoms with van der Waals surface area (Å²) in [6.07, 6.45) is 7.57. The van der Waals surface area contributed by atoms with Crippen molar-refractivity contribution < 1.29 is 14.3 Å². The van der Waals surface area contributed by atoms with Crippen LogP contribution in [0.2, 0.25) is 0 Å². The number of nitrogens with two attached hydrogens (primary N) is 1. The van der Waals surface area contributed by atoms with Gasteiger partial charge in [-0.25, -0.2) is 4.79 Å². The van der Waals surface area contributed by atoms with E-state index in [9.17, 15) is 9.59 Å². The Balaban J connectivity index is 1.65. The predicted octanol–water partition coefficient (Wildman–Crippen LogP) is 2.28. The van der Waals surface area contributed by atoms with Gasteiger partial charge in [-0.3, -0.25) is 4.79 Å². The Morgan fingerprint density at radius 2 is 2.08 bits per heavy atom. The summed E-state index contributed by atoms with van der Waals surface area (Å²) in [5, 5.41) is 2.47. The van der Waals surface area contributed by atoms with Crippen LogP contribution in [-0.2, 0) is 16.0 Å². The molecule has 5 nitrogen and oxygen atoms in total. The molecule has 24 heavy (non-hydrogen) atoms. The van der Waals surface area contributed by atoms with E-state index in [1.165, 1.54) is 43.2 Å². The first-order valence-electron chi connectivity index (χ1n) is 8.91. The fraction of sp³-hybridized carbons (Fsp3) is 0.579. The summed E-state index contributed by atoms with van der Waals surface area (Å²) in [5.41, 5.74) is 8.20. The Kier molecular flexibility index (Phi) is 5.19. The monoisotopic (exact) mass is 330 g/mol. The lowest BCUT2D eigenvalue weighted by atomic mass is 9.68. The maximum atomic E-state index is 11.9. The number of carbonyl (C=O) groups is 2. The minimum absolute atomic E-state index is 0.163. The fourth-order valence-electron chi connectivity index (χ4n) is 4.00. The second-order valence-electron chi connectivity index (χ2n) is 7.03. The van der Waals surface area contributed by atoms with Crippen LogP contribution in [0.1, 0.15) is 56.1 Å². The molecule has 1 saturated carbocycles. The Morgan fingerprint density at radius 1 is 1.29 bits per heavy atom. The molecule has 0 saturated heterocycles. The van der Waals surface area contributed by atoms with E-state index >= 15 is 0 Å². The van der Waals surface area contributed by atoms with E-state index in [1.54, 1.807) is 6.92 Å². The lowest BCUT2D eigenvalue weighted by molar-refractivity contribution is -0.135. The molecule has 0 aromatic heterocycles. The molecule has 3 atom stereocenters. The third kappa shape index (κ3) is 3.78. The molecule has 1 fully saturated rings. The lowest BCUT2D eigenvalue weighted by Crippen LogP contribution is -2.41. The van der Waals surface area contributed by atoms with Crippen molar-refractivity contribution in [3.05, 3.63) is 29.3 Å². The molecule has 0 spiro atoms. The number of esters is 1. The van der Waals surface area contributed by atoms with Gasteiger partial charge in [-0.1, -0.05) is 18.9 Å². The first-order valence-corrected chi connectivity index (χ1v) is 8.91. The van der Waals surface area contributed by atoms with Crippen LogP contribution in [0.15, 0.2) is 18.2 Å². The maximum Gasteiger partial charge on any atom is 0.330 e. The standard InChI is InChI=1S/C19H26N2O3/c1-12(20)19(23)21-11-18(22)24-15-9-8-14-7-6-13-4-2-3-5-16(13)17(14)10-15/h8-10,12-13,16H,2-7,11,20H2,1H3,(H,21,23). The average Bonchev–Trinajstić information content (AvgIpc) is 2.59. The lowest BCUT2D eigenvalue weighted by Gasteiger charge is -2.37.